The Morgan fingerprint density at radius 2 is 1.63 bits per heavy atom. The van der Waals surface area contributed by atoms with Gasteiger partial charge in [-0.2, -0.15) is 0 Å². The van der Waals surface area contributed by atoms with Gasteiger partial charge in [0, 0.05) is 17.1 Å². The Morgan fingerprint density at radius 3 is 2.15 bits per heavy atom. The average molecular weight is 371 g/mol. The molecule has 0 radical (unpaired) electrons. The first-order chi connectivity index (χ1) is 12.9. The van der Waals surface area contributed by atoms with Gasteiger partial charge in [0.15, 0.2) is 0 Å². The zero-order valence-electron chi connectivity index (χ0n) is 14.3. The minimum absolute atomic E-state index is 0.128. The van der Waals surface area contributed by atoms with Crippen molar-refractivity contribution in [2.75, 3.05) is 7.11 Å². The van der Waals surface area contributed by atoms with Crippen molar-refractivity contribution in [2.45, 2.75) is 24.0 Å². The van der Waals surface area contributed by atoms with Gasteiger partial charge < -0.3 is 4.74 Å². The molecule has 3 rings (SSSR count). The number of hydrogen-bond donors (Lipinski definition) is 1. The van der Waals surface area contributed by atoms with E-state index in [0.717, 1.165) is 0 Å². The summed E-state index contributed by atoms with van der Waals surface area (Å²) in [6.45, 7) is 0. The molecule has 0 unspecified atom stereocenters. The van der Waals surface area contributed by atoms with Crippen molar-refractivity contribution in [3.05, 3.63) is 86.0 Å². The van der Waals surface area contributed by atoms with Crippen molar-refractivity contribution in [3.8, 4) is 0 Å². The highest BCUT2D eigenvalue weighted by atomic mass is 16.6. The van der Waals surface area contributed by atoms with Crippen molar-refractivity contribution in [1.29, 1.82) is 0 Å². The number of ether oxygens (including phenoxy) is 1. The van der Waals surface area contributed by atoms with Crippen LogP contribution in [-0.2, 0) is 9.53 Å². The largest absolute Gasteiger partial charge is 0.468 e. The number of nitrogens with zero attached hydrogens (tertiary/aromatic N) is 2. The van der Waals surface area contributed by atoms with Crippen LogP contribution in [0.25, 0.3) is 0 Å². The van der Waals surface area contributed by atoms with Gasteiger partial charge in [0.1, 0.15) is 12.1 Å². The number of non-ortho nitro benzene ring substituents is 1. The molecule has 0 aromatic heterocycles. The number of methoxy groups -OCH3 is 1. The van der Waals surface area contributed by atoms with Crippen LogP contribution in [-0.4, -0.2) is 35.0 Å². The highest BCUT2D eigenvalue weighted by molar-refractivity contribution is 5.78. The molecule has 9 nitrogen and oxygen atoms in total. The van der Waals surface area contributed by atoms with Crippen LogP contribution < -0.4 is 5.32 Å². The van der Waals surface area contributed by atoms with E-state index < -0.39 is 39.9 Å². The fourth-order valence-corrected chi connectivity index (χ4v) is 3.56. The summed E-state index contributed by atoms with van der Waals surface area (Å²) in [5.74, 6) is -1.46. The van der Waals surface area contributed by atoms with Crippen LogP contribution in [0, 0.1) is 20.2 Å². The monoisotopic (exact) mass is 371 g/mol. The number of nitrogens with one attached hydrogen (secondary N) is 1. The number of esters is 1. The fraction of sp³-hybridized carbons (Fsp3) is 0.278. The molecule has 1 fully saturated rings. The number of nitro benzene ring substituents is 1. The van der Waals surface area contributed by atoms with Gasteiger partial charge >= 0.3 is 5.97 Å². The van der Waals surface area contributed by atoms with Crippen LogP contribution in [0.1, 0.15) is 23.1 Å². The number of rotatable bonds is 5. The highest BCUT2D eigenvalue weighted by Gasteiger charge is 2.54. The average Bonchev–Trinajstić information content (AvgIpc) is 3.09. The predicted molar refractivity (Wildman–Crippen MR) is 94.7 cm³/mol. The molecule has 1 N–H and O–H groups in total. The second-order valence-electron chi connectivity index (χ2n) is 6.21. The summed E-state index contributed by atoms with van der Waals surface area (Å²) in [7, 11) is 1.22. The van der Waals surface area contributed by atoms with E-state index in [4.69, 9.17) is 4.74 Å². The summed E-state index contributed by atoms with van der Waals surface area (Å²) in [5, 5.41) is 25.8. The maximum absolute atomic E-state index is 12.3. The van der Waals surface area contributed by atoms with Crippen molar-refractivity contribution in [3.63, 3.8) is 0 Å². The van der Waals surface area contributed by atoms with Gasteiger partial charge in [-0.25, -0.2) is 0 Å². The molecule has 1 heterocycles. The first-order valence-electron chi connectivity index (χ1n) is 8.20. The molecule has 0 amide bonds. The predicted octanol–water partition coefficient (Wildman–Crippen LogP) is 2.21. The van der Waals surface area contributed by atoms with E-state index in [2.05, 4.69) is 5.32 Å². The van der Waals surface area contributed by atoms with E-state index in [1.807, 2.05) is 0 Å². The number of benzene rings is 2. The molecule has 0 aliphatic carbocycles. The maximum atomic E-state index is 12.3. The molecule has 2 aromatic carbocycles. The number of carbonyl (C=O) groups excluding carboxylic acids is 1. The molecule has 1 aliphatic heterocycles. The second kappa shape index (κ2) is 7.50. The smallest absolute Gasteiger partial charge is 0.323 e. The summed E-state index contributed by atoms with van der Waals surface area (Å²) in [6.07, 6.45) is 0. The first-order valence-corrected chi connectivity index (χ1v) is 8.20. The van der Waals surface area contributed by atoms with Gasteiger partial charge in [0.25, 0.3) is 5.69 Å². The first kappa shape index (κ1) is 18.5. The quantitative estimate of drug-likeness (QED) is 0.485. The molecule has 1 aliphatic rings. The lowest BCUT2D eigenvalue weighted by Crippen LogP contribution is -2.37. The van der Waals surface area contributed by atoms with E-state index in [-0.39, 0.29) is 5.69 Å². The van der Waals surface area contributed by atoms with Crippen LogP contribution in [0.5, 0.6) is 0 Å². The Balaban J connectivity index is 2.07. The Kier molecular flexibility index (Phi) is 5.13. The van der Waals surface area contributed by atoms with Gasteiger partial charge in [0.2, 0.25) is 6.04 Å². The molecule has 0 bridgehead atoms. The highest BCUT2D eigenvalue weighted by Crippen LogP contribution is 2.40. The molecule has 9 heteroatoms. The summed E-state index contributed by atoms with van der Waals surface area (Å²) in [5.41, 5.74) is 1.01. The standard InChI is InChI=1S/C18H17N3O6/c1-27-18(22)16-14(11-7-9-13(10-8-11)20(23)24)17(21(25)26)15(19-16)12-5-3-2-4-6-12/h2-10,14-17,19H,1H3/t14-,15-,16-,17+/m0/s1. The molecule has 140 valence electrons. The molecule has 4 atom stereocenters. The summed E-state index contributed by atoms with van der Waals surface area (Å²) >= 11 is 0. The number of hydrogen-bond acceptors (Lipinski definition) is 7. The lowest BCUT2D eigenvalue weighted by Gasteiger charge is -2.19. The third kappa shape index (κ3) is 3.49. The number of carbonyl (C=O) groups is 1. The summed E-state index contributed by atoms with van der Waals surface area (Å²) in [4.78, 5) is 34.1. The van der Waals surface area contributed by atoms with Crippen molar-refractivity contribution >= 4 is 11.7 Å². The molecule has 0 spiro atoms. The molecule has 1 saturated heterocycles. The van der Waals surface area contributed by atoms with Crippen LogP contribution in [0.15, 0.2) is 54.6 Å². The molecule has 0 saturated carbocycles. The third-order valence-electron chi connectivity index (χ3n) is 4.77. The van der Waals surface area contributed by atoms with Crippen LogP contribution in [0.4, 0.5) is 5.69 Å². The van der Waals surface area contributed by atoms with E-state index in [9.17, 15) is 25.0 Å². The Labute approximate surface area is 154 Å². The normalized spacial score (nSPS) is 24.3. The van der Waals surface area contributed by atoms with Gasteiger partial charge in [-0.3, -0.25) is 30.3 Å². The second-order valence-corrected chi connectivity index (χ2v) is 6.21. The van der Waals surface area contributed by atoms with Gasteiger partial charge in [-0.05, 0) is 11.1 Å². The number of nitro groups is 2. The summed E-state index contributed by atoms with van der Waals surface area (Å²) in [6, 6.07) is 11.5. The van der Waals surface area contributed by atoms with Crippen LogP contribution in [0.2, 0.25) is 0 Å². The lowest BCUT2D eigenvalue weighted by molar-refractivity contribution is -0.527. The lowest BCUT2D eigenvalue weighted by atomic mass is 9.85. The summed E-state index contributed by atoms with van der Waals surface area (Å²) < 4.78 is 4.83. The van der Waals surface area contributed by atoms with Crippen molar-refractivity contribution < 1.29 is 19.4 Å². The molecule has 2 aromatic rings. The Hall–Kier alpha value is -3.33. The Bertz CT molecular complexity index is 855. The molecular weight excluding hydrogens is 354 g/mol. The van der Waals surface area contributed by atoms with Gasteiger partial charge in [-0.15, -0.1) is 0 Å². The Morgan fingerprint density at radius 1 is 1.00 bits per heavy atom. The minimum atomic E-state index is -1.14. The fourth-order valence-electron chi connectivity index (χ4n) is 3.56. The topological polar surface area (TPSA) is 125 Å². The van der Waals surface area contributed by atoms with Gasteiger partial charge in [-0.1, -0.05) is 42.5 Å². The SMILES string of the molecule is COC(=O)[C@H]1N[C@@H](c2ccccc2)[C@H]([N+](=O)[O-])[C@H]1c1ccc([N+](=O)[O-])cc1. The van der Waals surface area contributed by atoms with Crippen molar-refractivity contribution in [2.24, 2.45) is 0 Å². The molecule has 27 heavy (non-hydrogen) atoms. The van der Waals surface area contributed by atoms with E-state index in [1.54, 1.807) is 30.3 Å². The van der Waals surface area contributed by atoms with Gasteiger partial charge in [0.05, 0.1) is 18.0 Å². The zero-order valence-corrected chi connectivity index (χ0v) is 14.3. The van der Waals surface area contributed by atoms with Crippen LogP contribution in [0.3, 0.4) is 0 Å². The minimum Gasteiger partial charge on any atom is -0.468 e. The zero-order chi connectivity index (χ0) is 19.6. The van der Waals surface area contributed by atoms with Crippen LogP contribution >= 0.6 is 0 Å². The van der Waals surface area contributed by atoms with E-state index in [1.165, 1.54) is 31.4 Å². The van der Waals surface area contributed by atoms with E-state index in [0.29, 0.717) is 11.1 Å². The maximum Gasteiger partial charge on any atom is 0.323 e. The molecular formula is C18H17N3O6. The third-order valence-corrected chi connectivity index (χ3v) is 4.77. The van der Waals surface area contributed by atoms with E-state index >= 15 is 0 Å². The van der Waals surface area contributed by atoms with Crippen molar-refractivity contribution in [1.82, 2.24) is 5.32 Å².